The van der Waals surface area contributed by atoms with Crippen LogP contribution in [0.25, 0.3) is 0 Å². The third-order valence-corrected chi connectivity index (χ3v) is 29.2. The van der Waals surface area contributed by atoms with Gasteiger partial charge in [0.1, 0.15) is 36.6 Å². The molecule has 0 aromatic carbocycles. The number of rotatable bonds is 9. The Morgan fingerprint density at radius 2 is 0.949 bits per heavy atom. The molecule has 0 N–H and O–H groups in total. The van der Waals surface area contributed by atoms with Crippen LogP contribution in [0, 0.1) is 103 Å². The summed E-state index contributed by atoms with van der Waals surface area (Å²) in [5.41, 5.74) is 1.96. The van der Waals surface area contributed by atoms with E-state index in [4.69, 9.17) is 33.2 Å². The van der Waals surface area contributed by atoms with E-state index in [1.54, 1.807) is 6.92 Å². The Kier molecular flexibility index (Phi) is 25.9. The molecule has 6 heterocycles. The van der Waals surface area contributed by atoms with Gasteiger partial charge in [-0.2, -0.15) is 24.9 Å². The van der Waals surface area contributed by atoms with Crippen molar-refractivity contribution in [3.05, 3.63) is 11.1 Å². The molecule has 22 unspecified atom stereocenters. The van der Waals surface area contributed by atoms with Crippen molar-refractivity contribution in [3.8, 4) is 0 Å². The van der Waals surface area contributed by atoms with Crippen molar-refractivity contribution < 1.29 is 79.9 Å². The third-order valence-electron chi connectivity index (χ3n) is 27.3. The summed E-state index contributed by atoms with van der Waals surface area (Å²) in [7, 11) is 0. The molecular weight excluding hydrogens is 1290 g/mol. The number of ether oxygens (including phenoxy) is 7. The van der Waals surface area contributed by atoms with Crippen LogP contribution in [-0.4, -0.2) is 114 Å². The Balaban J connectivity index is 0.000000150. The van der Waals surface area contributed by atoms with Gasteiger partial charge < -0.3 is 33.2 Å². The largest absolute Gasteiger partial charge is 0.462 e. The molecule has 0 aromatic heterocycles. The summed E-state index contributed by atoms with van der Waals surface area (Å²) in [4.78, 5) is 80.6. The zero-order valence-electron chi connectivity index (χ0n) is 63.2. The maximum atomic E-state index is 12.8. The normalized spacial score (nSPS) is 42.1. The minimum absolute atomic E-state index is 0.0111. The van der Waals surface area contributed by atoms with E-state index < -0.39 is 17.7 Å². The van der Waals surface area contributed by atoms with Gasteiger partial charge in [-0.1, -0.05) is 122 Å². The van der Waals surface area contributed by atoms with Gasteiger partial charge in [0.05, 0.1) is 47.7 Å². The highest BCUT2D eigenvalue weighted by Crippen LogP contribution is 2.58. The van der Waals surface area contributed by atoms with Gasteiger partial charge >= 0.3 is 42.0 Å². The van der Waals surface area contributed by atoms with E-state index >= 15 is 0 Å². The smallest absolute Gasteiger partial charge is 0.394 e. The maximum absolute atomic E-state index is 12.8. The molecule has 0 bridgehead atoms. The van der Waals surface area contributed by atoms with E-state index in [1.807, 2.05) is 52.6 Å². The Labute approximate surface area is 594 Å². The molecule has 6 aliphatic heterocycles. The topological polar surface area (TPSA) is 184 Å². The van der Waals surface area contributed by atoms with E-state index in [-0.39, 0.29) is 142 Å². The van der Waals surface area contributed by atoms with Gasteiger partial charge in [-0.05, 0) is 211 Å². The molecule has 13 rings (SSSR count). The van der Waals surface area contributed by atoms with Gasteiger partial charge in [0, 0.05) is 41.6 Å². The molecule has 0 aromatic rings. The van der Waals surface area contributed by atoms with Crippen LogP contribution in [0.3, 0.4) is 0 Å². The minimum atomic E-state index is -4.21. The highest BCUT2D eigenvalue weighted by Gasteiger charge is 2.59. The van der Waals surface area contributed by atoms with Crippen LogP contribution in [0.5, 0.6) is 0 Å². The molecule has 5 saturated heterocycles. The number of fused-ring (bicyclic) bond motifs is 6. The number of hydrogen-bond acceptors (Lipinski definition) is 16. The Morgan fingerprint density at radius 3 is 1.37 bits per heavy atom. The first kappa shape index (κ1) is 80.4. The van der Waals surface area contributed by atoms with Crippen molar-refractivity contribution >= 4 is 64.5 Å². The summed E-state index contributed by atoms with van der Waals surface area (Å²) in [5, 5.41) is 0.239. The fourth-order valence-corrected chi connectivity index (χ4v) is 20.3. The van der Waals surface area contributed by atoms with Crippen molar-refractivity contribution in [3.63, 3.8) is 0 Å². The van der Waals surface area contributed by atoms with Crippen LogP contribution in [0.4, 0.5) is 13.2 Å². The molecule has 0 amide bonds. The molecule has 7 aliphatic carbocycles. The van der Waals surface area contributed by atoms with Crippen LogP contribution in [0.15, 0.2) is 11.1 Å². The number of alkyl halides is 3. The summed E-state index contributed by atoms with van der Waals surface area (Å²) in [6, 6.07) is 0. The van der Waals surface area contributed by atoms with Gasteiger partial charge in [0.15, 0.2) is 5.12 Å². The Bertz CT molecular complexity index is 2830. The van der Waals surface area contributed by atoms with Gasteiger partial charge in [-0.3, -0.25) is 28.8 Å². The lowest BCUT2D eigenvalue weighted by Gasteiger charge is -2.48. The molecule has 14 nitrogen and oxygen atoms in total. The molecule has 22 atom stereocenters. The standard InChI is InChI=1S/C14H22O3.C14H22O2.C14H24O2.C13H20O3S.C13H22O2S.C11H15F3O2/c1-9(2)16-8-14(4)6-5-11-10(3)13(15)17-12(11)7-14;1-9-11-6-7-14(2,10-4-3-5-10)8-12(11)16-13(9)15;1-9-10-6-7-14(5,13(2,3)4)8-11(10)16-12(9)15;1-8-9-4-5-13(2,7-11(14)17-3)6-10(9)16-12(8)15;1-4-16-8-13(3)6-5-10-9(2)12(14)15-11(10)7-13;1-6-7-3-4-10(2,11(12,13)14)5-8(7)16-9(6)15/h9,12H,5-8H2,1-4H3;9-12H,3-8H2,1-2H3;9-11H,6-8H2,1-5H3;8-10H,4-7H2,1-3H3;9-11H,4-8H2,1-3H3;6-8H,3-5H2,1-2H3. The van der Waals surface area contributed by atoms with Crippen molar-refractivity contribution in [1.82, 2.24) is 0 Å². The fraction of sp³-hybridized carbons (Fsp3) is 0.886. The first-order chi connectivity index (χ1) is 45.5. The van der Waals surface area contributed by atoms with Gasteiger partial charge in [-0.25, -0.2) is 4.79 Å². The fourth-order valence-electron chi connectivity index (χ4n) is 18.8. The second-order valence-electron chi connectivity index (χ2n) is 35.9. The highest BCUT2D eigenvalue weighted by molar-refractivity contribution is 8.13. The number of halogens is 3. The Hall–Kier alpha value is -3.32. The molecule has 0 spiro atoms. The third kappa shape index (κ3) is 18.2. The zero-order chi connectivity index (χ0) is 72.6. The lowest BCUT2D eigenvalue weighted by molar-refractivity contribution is -0.238. The van der Waals surface area contributed by atoms with Crippen LogP contribution >= 0.6 is 23.5 Å². The molecule has 0 radical (unpaired) electrons. The first-order valence-corrected chi connectivity index (χ1v) is 40.1. The predicted octanol–water partition coefficient (Wildman–Crippen LogP) is 18.1. The van der Waals surface area contributed by atoms with Crippen LogP contribution < -0.4 is 0 Å². The van der Waals surface area contributed by atoms with Gasteiger partial charge in [-0.15, -0.1) is 0 Å². The summed E-state index contributed by atoms with van der Waals surface area (Å²) in [6.07, 6.45) is 19.6. The van der Waals surface area contributed by atoms with Crippen molar-refractivity contribution in [1.29, 1.82) is 0 Å². The summed E-state index contributed by atoms with van der Waals surface area (Å²) in [6.45, 7) is 38.3. The molecule has 12 fully saturated rings. The number of esters is 6. The number of carbonyl (C=O) groups excluding carboxylic acids is 7. The highest BCUT2D eigenvalue weighted by atomic mass is 32.2. The van der Waals surface area contributed by atoms with E-state index in [1.165, 1.54) is 87.1 Å². The molecular formula is C79H125F3O14S2. The zero-order valence-corrected chi connectivity index (χ0v) is 64.9. The van der Waals surface area contributed by atoms with E-state index in [9.17, 15) is 46.7 Å². The van der Waals surface area contributed by atoms with Crippen molar-refractivity contribution in [2.75, 3.05) is 24.4 Å². The monoisotopic (exact) mass is 1420 g/mol. The minimum Gasteiger partial charge on any atom is -0.462 e. The second-order valence-corrected chi connectivity index (χ2v) is 38.1. The molecule has 7 saturated carbocycles. The van der Waals surface area contributed by atoms with Crippen molar-refractivity contribution in [2.24, 2.45) is 103 Å². The predicted molar refractivity (Wildman–Crippen MR) is 377 cm³/mol. The summed E-state index contributed by atoms with van der Waals surface area (Å²) >= 11 is 3.31. The lowest BCUT2D eigenvalue weighted by atomic mass is 9.57. The average molecular weight is 1420 g/mol. The SMILES string of the molecule is CC1=C2CCC(C)(COC(C)C)CC2OC1=O.CC1C(=O)OC2CC(C)(C(C)(C)C)CCC21.CC1C(=O)OC2CC(C)(C(F)(F)F)CCC21.CC1C(=O)OC2CC(C)(C3CCC3)CCC21.CCSCC1(C)CCC2C(C1)OC(=O)C2C.CSC(=O)CC1(C)CCC2C(C1)OC(=O)C2C. The summed E-state index contributed by atoms with van der Waals surface area (Å²) in [5.74, 6) is 4.90. The second kappa shape index (κ2) is 31.6. The van der Waals surface area contributed by atoms with Crippen LogP contribution in [-0.2, 0) is 66.7 Å². The number of thioether (sulfide) groups is 2. The lowest BCUT2D eigenvalue weighted by Crippen LogP contribution is -2.44. The molecule has 98 heavy (non-hydrogen) atoms. The van der Waals surface area contributed by atoms with E-state index in [0.717, 1.165) is 82.3 Å². The van der Waals surface area contributed by atoms with Crippen LogP contribution in [0.2, 0.25) is 0 Å². The van der Waals surface area contributed by atoms with Crippen LogP contribution in [0.1, 0.15) is 266 Å². The maximum Gasteiger partial charge on any atom is 0.394 e. The van der Waals surface area contributed by atoms with Crippen molar-refractivity contribution in [2.45, 2.75) is 315 Å². The quantitative estimate of drug-likeness (QED) is 0.157. The van der Waals surface area contributed by atoms with Gasteiger partial charge in [0.2, 0.25) is 0 Å². The Morgan fingerprint density at radius 1 is 0.541 bits per heavy atom. The molecule has 19 heteroatoms. The number of hydrogen-bond donors (Lipinski definition) is 0. The number of carbonyl (C=O) groups is 7. The molecule has 13 aliphatic rings. The average Bonchev–Trinajstić information content (AvgIpc) is 1.40. The van der Waals surface area contributed by atoms with E-state index in [0.29, 0.717) is 52.8 Å². The van der Waals surface area contributed by atoms with E-state index in [2.05, 4.69) is 76.2 Å². The molecule has 558 valence electrons. The summed E-state index contributed by atoms with van der Waals surface area (Å²) < 4.78 is 76.7. The van der Waals surface area contributed by atoms with Gasteiger partial charge in [0.25, 0.3) is 0 Å². The first-order valence-electron chi connectivity index (χ1n) is 37.8.